The fraction of sp³-hybridized carbons (Fsp3) is 0.604. The van der Waals surface area contributed by atoms with E-state index >= 15 is 4.79 Å². The van der Waals surface area contributed by atoms with Crippen molar-refractivity contribution in [2.45, 2.75) is 147 Å². The number of carbonyl (C=O) groups excluding carboxylic acids is 5. The molecule has 5 aliphatic rings. The van der Waals surface area contributed by atoms with E-state index < -0.39 is 112 Å². The van der Waals surface area contributed by atoms with E-state index in [4.69, 9.17) is 37.9 Å². The third-order valence-electron chi connectivity index (χ3n) is 14.2. The molecule has 1 unspecified atom stereocenters. The number of Topliss-reactive ketones (excluding diaryl/α,β-unsaturated/α-hetero) is 1. The van der Waals surface area contributed by atoms with Crippen LogP contribution in [0.5, 0.6) is 0 Å². The van der Waals surface area contributed by atoms with Crippen LogP contribution >= 0.6 is 0 Å². The summed E-state index contributed by atoms with van der Waals surface area (Å²) in [5.41, 5.74) is -7.58. The molecule has 11 atom stereocenters. The highest BCUT2D eigenvalue weighted by molar-refractivity contribution is 5.94. The number of esters is 3. The van der Waals surface area contributed by atoms with Gasteiger partial charge in [-0.2, -0.15) is 0 Å². The molecule has 3 aliphatic carbocycles. The van der Waals surface area contributed by atoms with Gasteiger partial charge in [-0.1, -0.05) is 62.4 Å². The molecule has 2 aliphatic heterocycles. The van der Waals surface area contributed by atoms with Crippen molar-refractivity contribution in [3.05, 3.63) is 82.9 Å². The van der Waals surface area contributed by atoms with Gasteiger partial charge in [0.1, 0.15) is 47.4 Å². The molecule has 2 bridgehead atoms. The van der Waals surface area contributed by atoms with Crippen LogP contribution < -0.4 is 0 Å². The van der Waals surface area contributed by atoms with Gasteiger partial charge in [-0.25, -0.2) is 14.4 Å². The number of ether oxygens (including phenoxy) is 8. The number of amides is 1. The first-order valence-corrected chi connectivity index (χ1v) is 21.5. The van der Waals surface area contributed by atoms with Crippen LogP contribution in [0, 0.1) is 16.7 Å². The van der Waals surface area contributed by atoms with Crippen molar-refractivity contribution >= 4 is 29.8 Å². The molecule has 4 fully saturated rings. The van der Waals surface area contributed by atoms with Crippen molar-refractivity contribution in [1.82, 2.24) is 4.90 Å². The minimum Gasteiger partial charge on any atom is -0.456 e. The van der Waals surface area contributed by atoms with Crippen LogP contribution in [0.3, 0.4) is 0 Å². The van der Waals surface area contributed by atoms with E-state index in [9.17, 15) is 24.3 Å². The smallest absolute Gasteiger partial charge is 0.413 e. The number of rotatable bonds is 8. The molecule has 2 aromatic carbocycles. The molecule has 15 nitrogen and oxygen atoms in total. The van der Waals surface area contributed by atoms with Gasteiger partial charge in [-0.15, -0.1) is 0 Å². The van der Waals surface area contributed by atoms with Gasteiger partial charge in [0.2, 0.25) is 0 Å². The Hall–Kier alpha value is -4.67. The van der Waals surface area contributed by atoms with E-state index in [-0.39, 0.29) is 25.0 Å². The Morgan fingerprint density at radius 2 is 1.51 bits per heavy atom. The topological polar surface area (TPSA) is 183 Å². The molecule has 2 saturated carbocycles. The minimum atomic E-state index is -2.18. The third kappa shape index (κ3) is 7.37. The van der Waals surface area contributed by atoms with Gasteiger partial charge in [0.05, 0.1) is 29.6 Å². The van der Waals surface area contributed by atoms with E-state index in [0.29, 0.717) is 16.7 Å². The zero-order valence-electron chi connectivity index (χ0n) is 38.2. The predicted molar refractivity (Wildman–Crippen MR) is 225 cm³/mol. The Kier molecular flexibility index (Phi) is 11.8. The zero-order chi connectivity index (χ0) is 46.2. The fourth-order valence-corrected chi connectivity index (χ4v) is 11.2. The number of benzene rings is 2. The van der Waals surface area contributed by atoms with Gasteiger partial charge in [-0.05, 0) is 77.3 Å². The summed E-state index contributed by atoms with van der Waals surface area (Å²) in [4.78, 5) is 73.5. The standard InChI is InChI=1S/C48H61NO14/c1-26-30(59-41(53)36-34(28-19-15-13-16-20-28)49(45(8,9)62-36)42(54)63-43(3,4)5)24-48(55)39(60-40(52)29-21-17-14-18-22-29)37-46(10,38(51)35(57-12)33(26)44(48,6)7)31(56-11)23-32-47(37,25-58-32)61-27(2)50/h13-22,30-32,34-37,39,55H,23-25H2,1-12H3/t30-,31-,32-,34-,35+,36?,37-,39-,46+,47-,48+/m0/s1. The first-order valence-electron chi connectivity index (χ1n) is 21.5. The molecular weight excluding hydrogens is 815 g/mol. The van der Waals surface area contributed by atoms with Crippen molar-refractivity contribution < 1.29 is 67.0 Å². The Bertz CT molecular complexity index is 2160. The van der Waals surface area contributed by atoms with Crippen LogP contribution in [-0.2, 0) is 52.3 Å². The van der Waals surface area contributed by atoms with Crippen LogP contribution in [0.15, 0.2) is 71.8 Å². The van der Waals surface area contributed by atoms with Crippen LogP contribution in [0.4, 0.5) is 4.79 Å². The SMILES string of the molecule is CO[C@H]1C(=O)[C@]2(C)[C@@H](OC)C[C@@H]3OC[C@@]3(OC(C)=O)[C@H]2[C@H](OC(=O)c2ccccc2)[C@]2(O)C[C@H](OC(=O)C3OC(C)(C)N(C(=O)OC(C)(C)C)[C@H]3c3ccccc3)C(C)=C1C2(C)C. The second-order valence-corrected chi connectivity index (χ2v) is 19.7. The lowest BCUT2D eigenvalue weighted by atomic mass is 9.44. The van der Waals surface area contributed by atoms with Gasteiger partial charge in [0.25, 0.3) is 0 Å². The predicted octanol–water partition coefficient (Wildman–Crippen LogP) is 6.05. The first-order chi connectivity index (χ1) is 29.4. The quantitative estimate of drug-likeness (QED) is 0.184. The summed E-state index contributed by atoms with van der Waals surface area (Å²) < 4.78 is 49.8. The number of nitrogens with zero attached hydrogens (tertiary/aromatic N) is 1. The highest BCUT2D eigenvalue weighted by Crippen LogP contribution is 2.65. The molecule has 7 rings (SSSR count). The molecule has 2 saturated heterocycles. The summed E-state index contributed by atoms with van der Waals surface area (Å²) in [6.07, 6.45) is -8.24. The highest BCUT2D eigenvalue weighted by atomic mass is 16.6. The van der Waals surface area contributed by atoms with Crippen LogP contribution in [0.2, 0.25) is 0 Å². The molecule has 15 heteroatoms. The lowest BCUT2D eigenvalue weighted by molar-refractivity contribution is -0.347. The van der Waals surface area contributed by atoms with E-state index in [1.165, 1.54) is 26.0 Å². The summed E-state index contributed by atoms with van der Waals surface area (Å²) in [7, 11) is 2.84. The zero-order valence-corrected chi connectivity index (χ0v) is 38.2. The highest BCUT2D eigenvalue weighted by Gasteiger charge is 2.78. The number of ketones is 1. The van der Waals surface area contributed by atoms with Gasteiger partial charge in [-0.3, -0.25) is 14.5 Å². The number of carbonyl (C=O) groups is 5. The number of methoxy groups -OCH3 is 2. The minimum absolute atomic E-state index is 0.138. The molecule has 63 heavy (non-hydrogen) atoms. The maximum Gasteiger partial charge on any atom is 0.413 e. The Balaban J connectivity index is 1.40. The Morgan fingerprint density at radius 1 is 0.889 bits per heavy atom. The lowest BCUT2D eigenvalue weighted by Gasteiger charge is -2.67. The average Bonchev–Trinajstić information content (AvgIpc) is 3.50. The maximum atomic E-state index is 15.7. The molecular formula is C48H61NO14. The summed E-state index contributed by atoms with van der Waals surface area (Å²) in [5.74, 6) is -4.11. The van der Waals surface area contributed by atoms with Gasteiger partial charge in [0.15, 0.2) is 17.5 Å². The number of aliphatic hydroxyl groups is 1. The van der Waals surface area contributed by atoms with Gasteiger partial charge < -0.3 is 43.0 Å². The number of hydrogen-bond donors (Lipinski definition) is 1. The molecule has 1 N–H and O–H groups in total. The van der Waals surface area contributed by atoms with Gasteiger partial charge in [0, 0.05) is 39.4 Å². The van der Waals surface area contributed by atoms with Crippen molar-refractivity contribution in [3.8, 4) is 0 Å². The summed E-state index contributed by atoms with van der Waals surface area (Å²) >= 11 is 0. The van der Waals surface area contributed by atoms with E-state index in [0.717, 1.165) is 0 Å². The molecule has 2 aromatic rings. The fourth-order valence-electron chi connectivity index (χ4n) is 11.2. The van der Waals surface area contributed by atoms with E-state index in [1.807, 2.05) is 6.07 Å². The van der Waals surface area contributed by atoms with Crippen molar-refractivity contribution in [1.29, 1.82) is 0 Å². The Morgan fingerprint density at radius 3 is 2.05 bits per heavy atom. The second kappa shape index (κ2) is 16.1. The summed E-state index contributed by atoms with van der Waals surface area (Å²) in [6.45, 7) is 16.5. The van der Waals surface area contributed by atoms with Crippen LogP contribution in [-0.4, -0.2) is 120 Å². The molecule has 2 heterocycles. The molecule has 1 amide bonds. The van der Waals surface area contributed by atoms with Crippen molar-refractivity contribution in [2.24, 2.45) is 16.7 Å². The normalized spacial score (nSPS) is 35.5. The molecule has 0 aromatic heterocycles. The maximum absolute atomic E-state index is 15.7. The van der Waals surface area contributed by atoms with Crippen molar-refractivity contribution in [3.63, 3.8) is 0 Å². The number of fused-ring (bicyclic) bond motifs is 5. The van der Waals surface area contributed by atoms with Crippen molar-refractivity contribution in [2.75, 3.05) is 20.8 Å². The third-order valence-corrected chi connectivity index (χ3v) is 14.2. The van der Waals surface area contributed by atoms with Crippen LogP contribution in [0.25, 0.3) is 0 Å². The van der Waals surface area contributed by atoms with Gasteiger partial charge >= 0.3 is 24.0 Å². The second-order valence-electron chi connectivity index (χ2n) is 19.7. The Labute approximate surface area is 368 Å². The monoisotopic (exact) mass is 875 g/mol. The first kappa shape index (κ1) is 46.3. The molecule has 0 spiro atoms. The van der Waals surface area contributed by atoms with E-state index in [1.54, 1.807) is 117 Å². The number of hydrogen-bond acceptors (Lipinski definition) is 14. The molecule has 342 valence electrons. The lowest BCUT2D eigenvalue weighted by Crippen LogP contribution is -2.82. The van der Waals surface area contributed by atoms with Crippen LogP contribution in [0.1, 0.15) is 104 Å². The van der Waals surface area contributed by atoms with E-state index in [2.05, 4.69) is 0 Å². The average molecular weight is 876 g/mol. The largest absolute Gasteiger partial charge is 0.456 e. The summed E-state index contributed by atoms with van der Waals surface area (Å²) in [5, 5.41) is 13.9. The molecule has 0 radical (unpaired) electrons. The summed E-state index contributed by atoms with van der Waals surface area (Å²) in [6, 6.07) is 16.1.